The molecule has 0 spiro atoms. The monoisotopic (exact) mass is 320 g/mol. The summed E-state index contributed by atoms with van der Waals surface area (Å²) in [7, 11) is 0. The van der Waals surface area contributed by atoms with Crippen LogP contribution in [0.3, 0.4) is 0 Å². The predicted molar refractivity (Wildman–Crippen MR) is 89.0 cm³/mol. The van der Waals surface area contributed by atoms with Gasteiger partial charge in [0.05, 0.1) is 5.02 Å². The fourth-order valence-electron chi connectivity index (χ4n) is 1.98. The minimum Gasteiger partial charge on any atom is -0.385 e. The van der Waals surface area contributed by atoms with Gasteiger partial charge in [0.2, 0.25) is 5.91 Å². The lowest BCUT2D eigenvalue weighted by Gasteiger charge is -2.08. The molecule has 0 atom stereocenters. The van der Waals surface area contributed by atoms with Gasteiger partial charge < -0.3 is 10.6 Å². The number of aryl methyl sites for hydroxylation is 1. The van der Waals surface area contributed by atoms with Crippen LogP contribution in [0.2, 0.25) is 5.02 Å². The Morgan fingerprint density at radius 1 is 1.14 bits per heavy atom. The molecule has 0 unspecified atom stereocenters. The maximum Gasteiger partial charge on any atom is 0.226 e. The number of benzene rings is 2. The minimum absolute atomic E-state index is 0.00746. The third-order valence-electron chi connectivity index (χ3n) is 3.25. The molecule has 2 N–H and O–H groups in total. The third-order valence-corrected chi connectivity index (χ3v) is 3.54. The predicted octanol–water partition coefficient (Wildman–Crippen LogP) is 4.48. The average molecular weight is 321 g/mol. The molecule has 5 heteroatoms. The molecule has 2 aromatic carbocycles. The molecule has 2 rings (SSSR count). The Morgan fingerprint density at radius 3 is 2.45 bits per heavy atom. The van der Waals surface area contributed by atoms with E-state index in [9.17, 15) is 9.18 Å². The molecule has 0 radical (unpaired) electrons. The first-order chi connectivity index (χ1) is 10.6. The quantitative estimate of drug-likeness (QED) is 0.823. The Bertz CT molecular complexity index is 644. The van der Waals surface area contributed by atoms with Crippen molar-refractivity contribution in [1.29, 1.82) is 0 Å². The summed E-state index contributed by atoms with van der Waals surface area (Å²) in [6, 6.07) is 12.2. The number of halogens is 2. The van der Waals surface area contributed by atoms with Crippen LogP contribution in [0.1, 0.15) is 18.9 Å². The lowest BCUT2D eigenvalue weighted by atomic mass is 10.1. The van der Waals surface area contributed by atoms with Crippen LogP contribution in [0.5, 0.6) is 0 Å². The molecule has 0 aliphatic heterocycles. The highest BCUT2D eigenvalue weighted by molar-refractivity contribution is 6.31. The van der Waals surface area contributed by atoms with Gasteiger partial charge in [0.1, 0.15) is 5.82 Å². The van der Waals surface area contributed by atoms with E-state index >= 15 is 0 Å². The van der Waals surface area contributed by atoms with Crippen molar-refractivity contribution >= 4 is 28.9 Å². The highest BCUT2D eigenvalue weighted by Crippen LogP contribution is 2.19. The van der Waals surface area contributed by atoms with Gasteiger partial charge in [-0.05, 0) is 42.3 Å². The Hall–Kier alpha value is -2.07. The smallest absolute Gasteiger partial charge is 0.226 e. The van der Waals surface area contributed by atoms with E-state index in [1.54, 1.807) is 0 Å². The van der Waals surface area contributed by atoms with Crippen LogP contribution in [0, 0.1) is 5.82 Å². The van der Waals surface area contributed by atoms with Gasteiger partial charge in [0.15, 0.2) is 0 Å². The van der Waals surface area contributed by atoms with Crippen molar-refractivity contribution < 1.29 is 9.18 Å². The summed E-state index contributed by atoms with van der Waals surface area (Å²) >= 11 is 5.67. The van der Waals surface area contributed by atoms with Crippen LogP contribution in [-0.4, -0.2) is 12.5 Å². The molecule has 3 nitrogen and oxygen atoms in total. The molecule has 0 fully saturated rings. The normalized spacial score (nSPS) is 10.3. The van der Waals surface area contributed by atoms with Crippen LogP contribution >= 0.6 is 11.6 Å². The minimum atomic E-state index is -0.503. The second kappa shape index (κ2) is 7.80. The summed E-state index contributed by atoms with van der Waals surface area (Å²) in [5.41, 5.74) is 2.75. The van der Waals surface area contributed by atoms with Crippen LogP contribution in [0.15, 0.2) is 42.5 Å². The zero-order valence-electron chi connectivity index (χ0n) is 12.3. The lowest BCUT2D eigenvalue weighted by molar-refractivity contribution is -0.115. The zero-order valence-corrected chi connectivity index (χ0v) is 13.1. The van der Waals surface area contributed by atoms with Gasteiger partial charge in [0, 0.05) is 24.3 Å². The molecule has 22 heavy (non-hydrogen) atoms. The van der Waals surface area contributed by atoms with E-state index in [0.29, 0.717) is 18.7 Å². The van der Waals surface area contributed by atoms with Gasteiger partial charge in [-0.15, -0.1) is 0 Å². The molecule has 2 aromatic rings. The van der Waals surface area contributed by atoms with E-state index in [-0.39, 0.29) is 10.9 Å². The molecule has 0 saturated carbocycles. The first-order valence-electron chi connectivity index (χ1n) is 7.16. The molecule has 0 aromatic heterocycles. The summed E-state index contributed by atoms with van der Waals surface area (Å²) in [6.07, 6.45) is 1.31. The second-order valence-electron chi connectivity index (χ2n) is 4.90. The first-order valence-corrected chi connectivity index (χ1v) is 7.54. The Labute approximate surface area is 134 Å². The van der Waals surface area contributed by atoms with E-state index in [0.717, 1.165) is 12.1 Å². The van der Waals surface area contributed by atoms with Crippen molar-refractivity contribution in [2.24, 2.45) is 0 Å². The van der Waals surface area contributed by atoms with E-state index in [1.165, 1.54) is 23.8 Å². The van der Waals surface area contributed by atoms with Crippen molar-refractivity contribution in [1.82, 2.24) is 0 Å². The van der Waals surface area contributed by atoms with Gasteiger partial charge in [-0.1, -0.05) is 30.7 Å². The average Bonchev–Trinajstić information content (AvgIpc) is 2.51. The number of rotatable bonds is 6. The molecule has 1 amide bonds. The Balaban J connectivity index is 1.78. The molecule has 0 saturated heterocycles. The highest BCUT2D eigenvalue weighted by atomic mass is 35.5. The maximum absolute atomic E-state index is 13.0. The van der Waals surface area contributed by atoms with Crippen LogP contribution in [0.4, 0.5) is 15.8 Å². The van der Waals surface area contributed by atoms with Gasteiger partial charge >= 0.3 is 0 Å². The zero-order chi connectivity index (χ0) is 15.9. The van der Waals surface area contributed by atoms with Gasteiger partial charge in [-0.25, -0.2) is 4.39 Å². The number of carbonyl (C=O) groups excluding carboxylic acids is 1. The van der Waals surface area contributed by atoms with E-state index in [2.05, 4.69) is 29.7 Å². The van der Waals surface area contributed by atoms with Gasteiger partial charge in [-0.2, -0.15) is 0 Å². The summed E-state index contributed by atoms with van der Waals surface area (Å²) in [5.74, 6) is -0.655. The SMILES string of the molecule is CCc1ccc(NCCC(=O)Nc2ccc(F)c(Cl)c2)cc1. The molecule has 0 aliphatic rings. The molecule has 0 bridgehead atoms. The van der Waals surface area contributed by atoms with Gasteiger partial charge in [-0.3, -0.25) is 4.79 Å². The Morgan fingerprint density at radius 2 is 1.82 bits per heavy atom. The Kier molecular flexibility index (Phi) is 5.78. The summed E-state index contributed by atoms with van der Waals surface area (Å²) in [5, 5.41) is 5.86. The largest absolute Gasteiger partial charge is 0.385 e. The van der Waals surface area contributed by atoms with Crippen molar-refractivity contribution in [3.05, 3.63) is 58.9 Å². The van der Waals surface area contributed by atoms with Crippen molar-refractivity contribution in [3.63, 3.8) is 0 Å². The number of amides is 1. The van der Waals surface area contributed by atoms with Crippen molar-refractivity contribution in [3.8, 4) is 0 Å². The van der Waals surface area contributed by atoms with Gasteiger partial charge in [0.25, 0.3) is 0 Å². The van der Waals surface area contributed by atoms with E-state index < -0.39 is 5.82 Å². The highest BCUT2D eigenvalue weighted by Gasteiger charge is 2.05. The lowest BCUT2D eigenvalue weighted by Crippen LogP contribution is -2.16. The maximum atomic E-state index is 13.0. The molecule has 116 valence electrons. The molecular formula is C17H18ClFN2O. The number of anilines is 2. The number of nitrogens with one attached hydrogen (secondary N) is 2. The molecular weight excluding hydrogens is 303 g/mol. The standard InChI is InChI=1S/C17H18ClFN2O/c1-2-12-3-5-13(6-4-12)20-10-9-17(22)21-14-7-8-16(19)15(18)11-14/h3-8,11,20H,2,9-10H2,1H3,(H,21,22). The summed E-state index contributed by atoms with van der Waals surface area (Å²) in [4.78, 5) is 11.8. The number of carbonyl (C=O) groups is 1. The number of hydrogen-bond acceptors (Lipinski definition) is 2. The van der Waals surface area contributed by atoms with Crippen LogP contribution in [-0.2, 0) is 11.2 Å². The first kappa shape index (κ1) is 16.3. The van der Waals surface area contributed by atoms with Crippen LogP contribution in [0.25, 0.3) is 0 Å². The van der Waals surface area contributed by atoms with E-state index in [1.807, 2.05) is 12.1 Å². The fourth-order valence-corrected chi connectivity index (χ4v) is 2.16. The third kappa shape index (κ3) is 4.74. The fraction of sp³-hybridized carbons (Fsp3) is 0.235. The topological polar surface area (TPSA) is 41.1 Å². The van der Waals surface area contributed by atoms with Crippen LogP contribution < -0.4 is 10.6 Å². The summed E-state index contributed by atoms with van der Waals surface area (Å²) in [6.45, 7) is 2.63. The van der Waals surface area contributed by atoms with Crippen molar-refractivity contribution in [2.75, 3.05) is 17.2 Å². The summed E-state index contributed by atoms with van der Waals surface area (Å²) < 4.78 is 13.0. The second-order valence-corrected chi connectivity index (χ2v) is 5.31. The molecule has 0 heterocycles. The molecule has 0 aliphatic carbocycles. The number of hydrogen-bond donors (Lipinski definition) is 2. The van der Waals surface area contributed by atoms with Crippen molar-refractivity contribution in [2.45, 2.75) is 19.8 Å². The van der Waals surface area contributed by atoms with E-state index in [4.69, 9.17) is 11.6 Å².